The van der Waals surface area contributed by atoms with Crippen LogP contribution in [-0.2, 0) is 6.54 Å². The molecule has 4 aromatic rings. The number of carbonyl (C=O) groups is 1. The number of aryl methyl sites for hydroxylation is 1. The van der Waals surface area contributed by atoms with Crippen LogP contribution in [0.25, 0.3) is 5.69 Å². The minimum absolute atomic E-state index is 0.173. The molecule has 0 fully saturated rings. The highest BCUT2D eigenvalue weighted by Crippen LogP contribution is 2.38. The van der Waals surface area contributed by atoms with Crippen molar-refractivity contribution >= 4 is 11.7 Å². The lowest BCUT2D eigenvalue weighted by atomic mass is 10.00. The molecule has 0 saturated carbocycles. The molecule has 2 amide bonds. The van der Waals surface area contributed by atoms with Crippen LogP contribution in [0.4, 0.5) is 10.5 Å². The largest absolute Gasteiger partial charge is 0.486 e. The highest BCUT2D eigenvalue weighted by molar-refractivity contribution is 5.90. The van der Waals surface area contributed by atoms with Crippen LogP contribution < -0.4 is 14.8 Å². The third-order valence-corrected chi connectivity index (χ3v) is 6.38. The predicted molar refractivity (Wildman–Crippen MR) is 131 cm³/mol. The molecule has 0 bridgehead atoms. The molecule has 6 rings (SSSR count). The standard InChI is InChI=1S/C28H25N3O3/c1-19-6-4-8-20(16-19)27-24-10-5-13-30(24)23-9-3-2-7-21(23)18-31(27)28(32)29-22-11-12-25-26(17-22)34-15-14-33-25/h2-13,16-17,27H,14-15,18H2,1H3,(H,29,32)/t27-/m1/s1. The smallest absolute Gasteiger partial charge is 0.322 e. The molecule has 2 aliphatic heterocycles. The van der Waals surface area contributed by atoms with Gasteiger partial charge in [-0.1, -0.05) is 48.0 Å². The highest BCUT2D eigenvalue weighted by Gasteiger charge is 2.33. The lowest BCUT2D eigenvalue weighted by molar-refractivity contribution is 0.171. The SMILES string of the molecule is Cc1cccc([C@@H]2c3cccn3-c3ccccc3CN2C(=O)Nc2ccc3c(c2)OCCO3)c1. The van der Waals surface area contributed by atoms with E-state index in [2.05, 4.69) is 59.4 Å². The second-order valence-electron chi connectivity index (χ2n) is 8.66. The second kappa shape index (κ2) is 8.30. The number of ether oxygens (including phenoxy) is 2. The number of hydrogen-bond acceptors (Lipinski definition) is 3. The average Bonchev–Trinajstić information content (AvgIpc) is 3.28. The third kappa shape index (κ3) is 3.57. The van der Waals surface area contributed by atoms with Crippen LogP contribution in [-0.4, -0.2) is 28.7 Å². The van der Waals surface area contributed by atoms with E-state index in [1.54, 1.807) is 0 Å². The maximum Gasteiger partial charge on any atom is 0.322 e. The fraction of sp³-hybridized carbons (Fsp3) is 0.179. The van der Waals surface area contributed by atoms with Crippen molar-refractivity contribution < 1.29 is 14.3 Å². The first-order chi connectivity index (χ1) is 16.7. The van der Waals surface area contributed by atoms with Crippen LogP contribution in [0.2, 0.25) is 0 Å². The van der Waals surface area contributed by atoms with E-state index in [-0.39, 0.29) is 12.1 Å². The summed E-state index contributed by atoms with van der Waals surface area (Å²) >= 11 is 0. The van der Waals surface area contributed by atoms with Crippen molar-refractivity contribution in [3.63, 3.8) is 0 Å². The molecule has 0 radical (unpaired) electrons. The zero-order chi connectivity index (χ0) is 23.1. The Labute approximate surface area is 198 Å². The first kappa shape index (κ1) is 20.4. The first-order valence-corrected chi connectivity index (χ1v) is 11.5. The van der Waals surface area contributed by atoms with Gasteiger partial charge in [-0.25, -0.2) is 4.79 Å². The van der Waals surface area contributed by atoms with Gasteiger partial charge in [0.15, 0.2) is 11.5 Å². The quantitative estimate of drug-likeness (QED) is 0.426. The zero-order valence-electron chi connectivity index (χ0n) is 18.9. The molecule has 3 heterocycles. The molecule has 170 valence electrons. The number of hydrogen-bond donors (Lipinski definition) is 1. The Kier molecular flexibility index (Phi) is 4.99. The lowest BCUT2D eigenvalue weighted by Crippen LogP contribution is -2.38. The Morgan fingerprint density at radius 3 is 2.65 bits per heavy atom. The summed E-state index contributed by atoms with van der Waals surface area (Å²) in [5.41, 5.74) is 6.13. The second-order valence-corrected chi connectivity index (χ2v) is 8.66. The third-order valence-electron chi connectivity index (χ3n) is 6.38. The minimum atomic E-state index is -0.250. The van der Waals surface area contributed by atoms with Gasteiger partial charge in [-0.05, 0) is 48.4 Å². The van der Waals surface area contributed by atoms with Gasteiger partial charge in [-0.2, -0.15) is 0 Å². The topological polar surface area (TPSA) is 55.7 Å². The van der Waals surface area contributed by atoms with Crippen LogP contribution in [0.3, 0.4) is 0 Å². The number of rotatable bonds is 2. The van der Waals surface area contributed by atoms with Crippen LogP contribution >= 0.6 is 0 Å². The Balaban J connectivity index is 1.43. The van der Waals surface area contributed by atoms with Crippen LogP contribution in [0.1, 0.15) is 28.4 Å². The van der Waals surface area contributed by atoms with Gasteiger partial charge in [0.25, 0.3) is 0 Å². The summed E-state index contributed by atoms with van der Waals surface area (Å²) in [7, 11) is 0. The Bertz CT molecular complexity index is 1380. The first-order valence-electron chi connectivity index (χ1n) is 11.5. The van der Waals surface area contributed by atoms with Gasteiger partial charge >= 0.3 is 6.03 Å². The van der Waals surface area contributed by atoms with E-state index >= 15 is 0 Å². The molecular formula is C28H25N3O3. The zero-order valence-corrected chi connectivity index (χ0v) is 18.9. The van der Waals surface area contributed by atoms with Crippen molar-refractivity contribution in [3.8, 4) is 17.2 Å². The fourth-order valence-electron chi connectivity index (χ4n) is 4.85. The number of nitrogens with zero attached hydrogens (tertiary/aromatic N) is 2. The normalized spacial score (nSPS) is 16.3. The fourth-order valence-corrected chi connectivity index (χ4v) is 4.85. The molecule has 3 aromatic carbocycles. The maximum atomic E-state index is 13.8. The highest BCUT2D eigenvalue weighted by atomic mass is 16.6. The number of nitrogens with one attached hydrogen (secondary N) is 1. The predicted octanol–water partition coefficient (Wildman–Crippen LogP) is 5.69. The Morgan fingerprint density at radius 2 is 1.76 bits per heavy atom. The minimum Gasteiger partial charge on any atom is -0.486 e. The number of urea groups is 1. The number of aromatic nitrogens is 1. The monoisotopic (exact) mass is 451 g/mol. The molecule has 6 nitrogen and oxygen atoms in total. The summed E-state index contributed by atoms with van der Waals surface area (Å²) in [5, 5.41) is 3.10. The van der Waals surface area contributed by atoms with Crippen molar-refractivity contribution in [1.29, 1.82) is 0 Å². The van der Waals surface area contributed by atoms with Gasteiger partial charge in [0, 0.05) is 23.6 Å². The number of para-hydroxylation sites is 1. The summed E-state index contributed by atoms with van der Waals surface area (Å²) in [6.45, 7) is 3.59. The molecular weight excluding hydrogens is 426 g/mol. The maximum absolute atomic E-state index is 13.8. The Morgan fingerprint density at radius 1 is 0.912 bits per heavy atom. The Hall–Kier alpha value is -4.19. The molecule has 6 heteroatoms. The van der Waals surface area contributed by atoms with E-state index in [0.717, 1.165) is 28.1 Å². The number of benzene rings is 3. The van der Waals surface area contributed by atoms with E-state index in [1.807, 2.05) is 47.4 Å². The molecule has 0 aliphatic carbocycles. The van der Waals surface area contributed by atoms with Crippen LogP contribution in [0, 0.1) is 6.92 Å². The van der Waals surface area contributed by atoms with E-state index < -0.39 is 0 Å². The summed E-state index contributed by atoms with van der Waals surface area (Å²) in [4.78, 5) is 15.7. The molecule has 2 aliphatic rings. The van der Waals surface area contributed by atoms with Crippen molar-refractivity contribution in [2.75, 3.05) is 18.5 Å². The molecule has 0 unspecified atom stereocenters. The molecule has 0 spiro atoms. The molecule has 1 N–H and O–H groups in total. The van der Waals surface area contributed by atoms with Crippen molar-refractivity contribution in [3.05, 3.63) is 107 Å². The van der Waals surface area contributed by atoms with E-state index in [9.17, 15) is 4.79 Å². The van der Waals surface area contributed by atoms with Gasteiger partial charge in [0.2, 0.25) is 0 Å². The van der Waals surface area contributed by atoms with Crippen molar-refractivity contribution in [1.82, 2.24) is 9.47 Å². The van der Waals surface area contributed by atoms with Gasteiger partial charge in [-0.15, -0.1) is 0 Å². The van der Waals surface area contributed by atoms with Gasteiger partial charge in [-0.3, -0.25) is 0 Å². The van der Waals surface area contributed by atoms with Gasteiger partial charge in [0.05, 0.1) is 18.3 Å². The molecule has 1 aromatic heterocycles. The van der Waals surface area contributed by atoms with Gasteiger partial charge in [0.1, 0.15) is 13.2 Å². The van der Waals surface area contributed by atoms with E-state index in [1.165, 1.54) is 0 Å². The molecule has 34 heavy (non-hydrogen) atoms. The van der Waals surface area contributed by atoms with Gasteiger partial charge < -0.3 is 24.3 Å². The summed E-state index contributed by atoms with van der Waals surface area (Å²) in [5.74, 6) is 1.35. The van der Waals surface area contributed by atoms with E-state index in [4.69, 9.17) is 9.47 Å². The van der Waals surface area contributed by atoms with Crippen molar-refractivity contribution in [2.24, 2.45) is 0 Å². The van der Waals surface area contributed by atoms with Crippen molar-refractivity contribution in [2.45, 2.75) is 19.5 Å². The molecule has 0 saturated heterocycles. The van der Waals surface area contributed by atoms with Crippen LogP contribution in [0.5, 0.6) is 11.5 Å². The lowest BCUT2D eigenvalue weighted by Gasteiger charge is -2.31. The summed E-state index contributed by atoms with van der Waals surface area (Å²) in [6.07, 6.45) is 2.07. The number of anilines is 1. The average molecular weight is 452 g/mol. The summed E-state index contributed by atoms with van der Waals surface area (Å²) in [6, 6.07) is 25.8. The van der Waals surface area contributed by atoms with Crippen LogP contribution in [0.15, 0.2) is 85.1 Å². The number of fused-ring (bicyclic) bond motifs is 4. The van der Waals surface area contributed by atoms with E-state index in [0.29, 0.717) is 36.9 Å². The number of amides is 2. The number of carbonyl (C=O) groups excluding carboxylic acids is 1. The molecule has 1 atom stereocenters. The summed E-state index contributed by atoms with van der Waals surface area (Å²) < 4.78 is 13.5.